The topological polar surface area (TPSA) is 39.6 Å². The van der Waals surface area contributed by atoms with Crippen molar-refractivity contribution in [1.82, 2.24) is 9.88 Å². The molecule has 5 heteroatoms. The predicted octanol–water partition coefficient (Wildman–Crippen LogP) is 1.63. The van der Waals surface area contributed by atoms with Crippen LogP contribution in [0.15, 0.2) is 18.5 Å². The zero-order valence-corrected chi connectivity index (χ0v) is 11.5. The third-order valence-electron chi connectivity index (χ3n) is 3.51. The van der Waals surface area contributed by atoms with Gasteiger partial charge in [-0.2, -0.15) is 0 Å². The SMILES string of the molecule is C[C@@H](CO)N1CCCN(c2ccncc2Cl)CC1. The van der Waals surface area contributed by atoms with Crippen LogP contribution in [0.5, 0.6) is 0 Å². The smallest absolute Gasteiger partial charge is 0.0822 e. The third-order valence-corrected chi connectivity index (χ3v) is 3.80. The Kier molecular flexibility index (Phi) is 4.80. The molecule has 0 radical (unpaired) electrons. The van der Waals surface area contributed by atoms with Crippen LogP contribution in [-0.2, 0) is 0 Å². The summed E-state index contributed by atoms with van der Waals surface area (Å²) < 4.78 is 0. The molecule has 1 N–H and O–H groups in total. The Hall–Kier alpha value is -0.840. The van der Waals surface area contributed by atoms with Crippen LogP contribution in [0.4, 0.5) is 5.69 Å². The highest BCUT2D eigenvalue weighted by atomic mass is 35.5. The number of rotatable bonds is 3. The number of hydrogen-bond acceptors (Lipinski definition) is 4. The van der Waals surface area contributed by atoms with Crippen LogP contribution in [0.1, 0.15) is 13.3 Å². The largest absolute Gasteiger partial charge is 0.395 e. The summed E-state index contributed by atoms with van der Waals surface area (Å²) in [5.41, 5.74) is 1.06. The molecule has 0 bridgehead atoms. The highest BCUT2D eigenvalue weighted by Crippen LogP contribution is 2.25. The van der Waals surface area contributed by atoms with E-state index in [4.69, 9.17) is 11.6 Å². The Morgan fingerprint density at radius 1 is 1.39 bits per heavy atom. The molecule has 2 heterocycles. The van der Waals surface area contributed by atoms with Crippen LogP contribution in [0.2, 0.25) is 5.02 Å². The lowest BCUT2D eigenvalue weighted by Crippen LogP contribution is -2.38. The zero-order valence-electron chi connectivity index (χ0n) is 10.7. The van der Waals surface area contributed by atoms with E-state index in [1.165, 1.54) is 0 Å². The average Bonchev–Trinajstić information content (AvgIpc) is 2.64. The summed E-state index contributed by atoms with van der Waals surface area (Å²) in [7, 11) is 0. The Morgan fingerprint density at radius 2 is 2.22 bits per heavy atom. The van der Waals surface area contributed by atoms with Crippen LogP contribution in [0.3, 0.4) is 0 Å². The molecule has 0 spiro atoms. The molecule has 1 aliphatic heterocycles. The minimum absolute atomic E-state index is 0.218. The van der Waals surface area contributed by atoms with Crippen LogP contribution in [0, 0.1) is 0 Å². The van der Waals surface area contributed by atoms with Gasteiger partial charge in [-0.05, 0) is 19.4 Å². The number of aliphatic hydroxyl groups excluding tert-OH is 1. The van der Waals surface area contributed by atoms with Gasteiger partial charge in [0, 0.05) is 44.6 Å². The molecule has 1 saturated heterocycles. The molecule has 0 amide bonds. The third kappa shape index (κ3) is 3.13. The van der Waals surface area contributed by atoms with Crippen LogP contribution < -0.4 is 4.90 Å². The molecule has 1 atom stereocenters. The van der Waals surface area contributed by atoms with Gasteiger partial charge in [-0.15, -0.1) is 0 Å². The second-order valence-electron chi connectivity index (χ2n) is 4.74. The van der Waals surface area contributed by atoms with Crippen molar-refractivity contribution in [2.45, 2.75) is 19.4 Å². The first-order valence-electron chi connectivity index (χ1n) is 6.41. The summed E-state index contributed by atoms with van der Waals surface area (Å²) in [6, 6.07) is 2.20. The molecule has 0 saturated carbocycles. The molecular weight excluding hydrogens is 250 g/mol. The number of pyridine rings is 1. The summed E-state index contributed by atoms with van der Waals surface area (Å²) in [6.45, 7) is 6.21. The summed E-state index contributed by atoms with van der Waals surface area (Å²) in [5.74, 6) is 0. The Bertz CT molecular complexity index is 388. The maximum atomic E-state index is 9.22. The van der Waals surface area contributed by atoms with E-state index in [0.717, 1.165) is 38.3 Å². The Balaban J connectivity index is 2.03. The van der Waals surface area contributed by atoms with Gasteiger partial charge in [-0.25, -0.2) is 0 Å². The predicted molar refractivity (Wildman–Crippen MR) is 74.2 cm³/mol. The number of nitrogens with zero attached hydrogens (tertiary/aromatic N) is 3. The molecule has 1 aliphatic rings. The van der Waals surface area contributed by atoms with Crippen molar-refractivity contribution >= 4 is 17.3 Å². The van der Waals surface area contributed by atoms with Crippen molar-refractivity contribution in [3.63, 3.8) is 0 Å². The van der Waals surface area contributed by atoms with E-state index in [9.17, 15) is 5.11 Å². The fraction of sp³-hybridized carbons (Fsp3) is 0.615. The summed E-state index contributed by atoms with van der Waals surface area (Å²) in [6.07, 6.45) is 4.55. The van der Waals surface area contributed by atoms with Crippen molar-refractivity contribution in [2.24, 2.45) is 0 Å². The van der Waals surface area contributed by atoms with Gasteiger partial charge < -0.3 is 10.0 Å². The van der Waals surface area contributed by atoms with E-state index in [-0.39, 0.29) is 12.6 Å². The fourth-order valence-corrected chi connectivity index (χ4v) is 2.60. The monoisotopic (exact) mass is 269 g/mol. The van der Waals surface area contributed by atoms with Gasteiger partial charge in [0.2, 0.25) is 0 Å². The maximum Gasteiger partial charge on any atom is 0.0822 e. The number of aromatic nitrogens is 1. The van der Waals surface area contributed by atoms with E-state index in [0.29, 0.717) is 5.02 Å². The molecule has 1 aromatic heterocycles. The molecule has 0 aromatic carbocycles. The maximum absolute atomic E-state index is 9.22. The van der Waals surface area contributed by atoms with Gasteiger partial charge in [0.1, 0.15) is 0 Å². The summed E-state index contributed by atoms with van der Waals surface area (Å²) >= 11 is 6.18. The molecule has 4 nitrogen and oxygen atoms in total. The quantitative estimate of drug-likeness (QED) is 0.905. The van der Waals surface area contributed by atoms with Crippen LogP contribution >= 0.6 is 11.6 Å². The van der Waals surface area contributed by atoms with Crippen molar-refractivity contribution in [3.05, 3.63) is 23.5 Å². The molecule has 0 aliphatic carbocycles. The first-order chi connectivity index (χ1) is 8.72. The Morgan fingerprint density at radius 3 is 2.94 bits per heavy atom. The van der Waals surface area contributed by atoms with Gasteiger partial charge >= 0.3 is 0 Å². The molecular formula is C13H20ClN3O. The van der Waals surface area contributed by atoms with E-state index in [1.54, 1.807) is 12.4 Å². The van der Waals surface area contributed by atoms with E-state index in [2.05, 4.69) is 21.7 Å². The minimum atomic E-state index is 0.218. The molecule has 2 rings (SSSR count). The van der Waals surface area contributed by atoms with Gasteiger partial charge in [0.25, 0.3) is 0 Å². The van der Waals surface area contributed by atoms with Crippen molar-refractivity contribution in [1.29, 1.82) is 0 Å². The molecule has 100 valence electrons. The van der Waals surface area contributed by atoms with Crippen LogP contribution in [-0.4, -0.2) is 53.8 Å². The summed E-state index contributed by atoms with van der Waals surface area (Å²) in [5, 5.41) is 9.93. The van der Waals surface area contributed by atoms with Gasteiger partial charge in [0.15, 0.2) is 0 Å². The lowest BCUT2D eigenvalue weighted by molar-refractivity contribution is 0.141. The van der Waals surface area contributed by atoms with E-state index < -0.39 is 0 Å². The van der Waals surface area contributed by atoms with Crippen molar-refractivity contribution in [2.75, 3.05) is 37.7 Å². The second kappa shape index (κ2) is 6.36. The molecule has 1 aromatic rings. The standard InChI is InChI=1S/C13H20ClN3O/c1-11(10-18)16-5-2-6-17(8-7-16)13-3-4-15-9-12(13)14/h3-4,9,11,18H,2,5-8,10H2,1H3/t11-/m0/s1. The number of halogens is 1. The zero-order chi connectivity index (χ0) is 13.0. The summed E-state index contributed by atoms with van der Waals surface area (Å²) in [4.78, 5) is 8.65. The average molecular weight is 270 g/mol. The molecule has 18 heavy (non-hydrogen) atoms. The van der Waals surface area contributed by atoms with Crippen LogP contribution in [0.25, 0.3) is 0 Å². The molecule has 1 fully saturated rings. The first kappa shape index (κ1) is 13.6. The number of anilines is 1. The van der Waals surface area contributed by atoms with E-state index in [1.807, 2.05) is 6.07 Å². The lowest BCUT2D eigenvalue weighted by atomic mass is 10.3. The minimum Gasteiger partial charge on any atom is -0.395 e. The highest BCUT2D eigenvalue weighted by molar-refractivity contribution is 6.33. The second-order valence-corrected chi connectivity index (χ2v) is 5.14. The van der Waals surface area contributed by atoms with E-state index >= 15 is 0 Å². The van der Waals surface area contributed by atoms with Gasteiger partial charge in [-0.3, -0.25) is 9.88 Å². The number of hydrogen-bond donors (Lipinski definition) is 1. The Labute approximate surface area is 113 Å². The number of aliphatic hydroxyl groups is 1. The fourth-order valence-electron chi connectivity index (χ4n) is 2.36. The van der Waals surface area contributed by atoms with Crippen molar-refractivity contribution in [3.8, 4) is 0 Å². The highest BCUT2D eigenvalue weighted by Gasteiger charge is 2.19. The molecule has 0 unspecified atom stereocenters. The van der Waals surface area contributed by atoms with Crippen molar-refractivity contribution < 1.29 is 5.11 Å². The van der Waals surface area contributed by atoms with Gasteiger partial charge in [0.05, 0.1) is 17.3 Å². The first-order valence-corrected chi connectivity index (χ1v) is 6.79. The van der Waals surface area contributed by atoms with Gasteiger partial charge in [-0.1, -0.05) is 11.6 Å². The lowest BCUT2D eigenvalue weighted by Gasteiger charge is -2.27. The normalized spacial score (nSPS) is 19.6.